The van der Waals surface area contributed by atoms with Gasteiger partial charge in [0.15, 0.2) is 9.90 Å². The summed E-state index contributed by atoms with van der Waals surface area (Å²) in [6.45, 7) is -0.0161. The number of aromatic carboxylic acids is 1. The van der Waals surface area contributed by atoms with Gasteiger partial charge in [0.2, 0.25) is 0 Å². The standard InChI is InChI=1S/C9H12N2O6S2/c12-4-6-3-11(1-2-17-6)19(15,16)9-7(8(13)14)10-5-18-9/h5-6,12H,1-4H2,(H,13,14). The molecule has 8 nitrogen and oxygen atoms in total. The Bertz CT molecular complexity index is 569. The Morgan fingerprint density at radius 2 is 2.37 bits per heavy atom. The minimum atomic E-state index is -3.92. The minimum Gasteiger partial charge on any atom is -0.476 e. The van der Waals surface area contributed by atoms with Crippen LogP contribution in [0.5, 0.6) is 0 Å². The van der Waals surface area contributed by atoms with Crippen molar-refractivity contribution in [3.8, 4) is 0 Å². The average molecular weight is 308 g/mol. The van der Waals surface area contributed by atoms with Crippen molar-refractivity contribution in [1.29, 1.82) is 0 Å². The molecule has 1 unspecified atom stereocenters. The van der Waals surface area contributed by atoms with E-state index in [0.29, 0.717) is 0 Å². The summed E-state index contributed by atoms with van der Waals surface area (Å²) in [5.41, 5.74) is 0.706. The molecule has 2 heterocycles. The number of carboxylic acids is 1. The first-order valence-corrected chi connectivity index (χ1v) is 7.68. The average Bonchev–Trinajstić information content (AvgIpc) is 2.89. The van der Waals surface area contributed by atoms with Gasteiger partial charge in [-0.25, -0.2) is 18.2 Å². The zero-order valence-corrected chi connectivity index (χ0v) is 11.4. The van der Waals surface area contributed by atoms with Crippen molar-refractivity contribution in [1.82, 2.24) is 9.29 Å². The molecule has 1 aliphatic rings. The third kappa shape index (κ3) is 2.77. The number of aliphatic hydroxyl groups is 1. The molecule has 1 atom stereocenters. The smallest absolute Gasteiger partial charge is 0.356 e. The Morgan fingerprint density at radius 1 is 1.63 bits per heavy atom. The van der Waals surface area contributed by atoms with E-state index in [4.69, 9.17) is 14.9 Å². The van der Waals surface area contributed by atoms with Crippen molar-refractivity contribution in [3.63, 3.8) is 0 Å². The number of nitrogens with zero attached hydrogens (tertiary/aromatic N) is 2. The fourth-order valence-electron chi connectivity index (χ4n) is 1.70. The molecule has 19 heavy (non-hydrogen) atoms. The summed E-state index contributed by atoms with van der Waals surface area (Å²) in [6.07, 6.45) is -0.593. The molecule has 1 aromatic rings. The number of hydrogen-bond acceptors (Lipinski definition) is 7. The van der Waals surface area contributed by atoms with E-state index in [1.807, 2.05) is 0 Å². The summed E-state index contributed by atoms with van der Waals surface area (Å²) in [7, 11) is -3.92. The number of carboxylic acid groups (broad SMARTS) is 1. The maximum atomic E-state index is 12.3. The molecule has 0 aliphatic carbocycles. The van der Waals surface area contributed by atoms with Crippen LogP contribution in [0.4, 0.5) is 0 Å². The number of aliphatic hydroxyl groups excluding tert-OH is 1. The molecule has 1 aliphatic heterocycles. The Hall–Kier alpha value is -1.07. The maximum Gasteiger partial charge on any atom is 0.356 e. The summed E-state index contributed by atoms with van der Waals surface area (Å²) < 4.78 is 30.6. The van der Waals surface area contributed by atoms with Gasteiger partial charge in [-0.2, -0.15) is 4.31 Å². The first kappa shape index (κ1) is 14.3. The second-order valence-corrected chi connectivity index (χ2v) is 6.82. The van der Waals surface area contributed by atoms with Crippen LogP contribution in [-0.2, 0) is 14.8 Å². The third-order valence-electron chi connectivity index (χ3n) is 2.62. The molecule has 106 valence electrons. The lowest BCUT2D eigenvalue weighted by atomic mass is 10.3. The number of sulfonamides is 1. The van der Waals surface area contributed by atoms with E-state index in [1.54, 1.807) is 0 Å². The molecule has 0 aromatic carbocycles. The van der Waals surface area contributed by atoms with Crippen molar-refractivity contribution in [2.24, 2.45) is 0 Å². The van der Waals surface area contributed by atoms with Gasteiger partial charge in [0.05, 0.1) is 24.8 Å². The highest BCUT2D eigenvalue weighted by molar-refractivity contribution is 7.91. The van der Waals surface area contributed by atoms with Crippen LogP contribution in [0.2, 0.25) is 0 Å². The van der Waals surface area contributed by atoms with Gasteiger partial charge in [-0.15, -0.1) is 11.3 Å². The van der Waals surface area contributed by atoms with E-state index in [2.05, 4.69) is 4.98 Å². The molecule has 10 heteroatoms. The summed E-state index contributed by atoms with van der Waals surface area (Å²) >= 11 is 0.762. The Kier molecular flexibility index (Phi) is 4.16. The van der Waals surface area contributed by atoms with Crippen molar-refractivity contribution in [3.05, 3.63) is 11.2 Å². The quantitative estimate of drug-likeness (QED) is 0.749. The summed E-state index contributed by atoms with van der Waals surface area (Å²) in [5, 5.41) is 17.9. The highest BCUT2D eigenvalue weighted by Crippen LogP contribution is 2.25. The normalized spacial score (nSPS) is 21.4. The van der Waals surface area contributed by atoms with E-state index in [9.17, 15) is 13.2 Å². The zero-order chi connectivity index (χ0) is 14.0. The number of rotatable bonds is 4. The molecule has 1 saturated heterocycles. The first-order chi connectivity index (χ1) is 8.96. The monoisotopic (exact) mass is 308 g/mol. The molecule has 1 fully saturated rings. The van der Waals surface area contributed by atoms with Crippen LogP contribution >= 0.6 is 11.3 Å². The number of morpholine rings is 1. The molecule has 0 bridgehead atoms. The second-order valence-electron chi connectivity index (χ2n) is 3.83. The third-order valence-corrected chi connectivity index (χ3v) is 5.83. The molecule has 0 saturated carbocycles. The van der Waals surface area contributed by atoms with E-state index >= 15 is 0 Å². The SMILES string of the molecule is O=C(O)c1ncsc1S(=O)(=O)N1CCOC(CO)C1. The van der Waals surface area contributed by atoms with E-state index < -0.39 is 27.8 Å². The largest absolute Gasteiger partial charge is 0.476 e. The lowest BCUT2D eigenvalue weighted by Crippen LogP contribution is -2.46. The predicted molar refractivity (Wildman–Crippen MR) is 64.7 cm³/mol. The molecular formula is C9H12N2O6S2. The van der Waals surface area contributed by atoms with Gasteiger partial charge in [0, 0.05) is 13.1 Å². The van der Waals surface area contributed by atoms with Crippen LogP contribution in [0.25, 0.3) is 0 Å². The molecule has 1 aromatic heterocycles. The molecular weight excluding hydrogens is 296 g/mol. The second kappa shape index (κ2) is 5.51. The van der Waals surface area contributed by atoms with Crippen molar-refractivity contribution < 1.29 is 28.2 Å². The van der Waals surface area contributed by atoms with Gasteiger partial charge in [-0.05, 0) is 0 Å². The highest BCUT2D eigenvalue weighted by atomic mass is 32.2. The van der Waals surface area contributed by atoms with Crippen molar-refractivity contribution >= 4 is 27.3 Å². The van der Waals surface area contributed by atoms with Gasteiger partial charge in [-0.1, -0.05) is 0 Å². The number of thiazole rings is 1. The molecule has 2 rings (SSSR count). The summed E-state index contributed by atoms with van der Waals surface area (Å²) in [5.74, 6) is -1.38. The summed E-state index contributed by atoms with van der Waals surface area (Å²) in [6, 6.07) is 0. The van der Waals surface area contributed by atoms with Gasteiger partial charge in [-0.3, -0.25) is 0 Å². The first-order valence-electron chi connectivity index (χ1n) is 5.36. The van der Waals surface area contributed by atoms with E-state index in [-0.39, 0.29) is 30.5 Å². The van der Waals surface area contributed by atoms with Crippen LogP contribution < -0.4 is 0 Å². The number of carbonyl (C=O) groups is 1. The fourth-order valence-corrected chi connectivity index (χ4v) is 4.43. The van der Waals surface area contributed by atoms with Gasteiger partial charge >= 0.3 is 5.97 Å². The van der Waals surface area contributed by atoms with Gasteiger partial charge < -0.3 is 14.9 Å². The van der Waals surface area contributed by atoms with Crippen LogP contribution in [0.1, 0.15) is 10.5 Å². The molecule has 2 N–H and O–H groups in total. The zero-order valence-electron chi connectivity index (χ0n) is 9.72. The summed E-state index contributed by atoms with van der Waals surface area (Å²) in [4.78, 5) is 14.5. The van der Waals surface area contributed by atoms with Crippen LogP contribution in [0.3, 0.4) is 0 Å². The van der Waals surface area contributed by atoms with Crippen molar-refractivity contribution in [2.45, 2.75) is 10.3 Å². The Balaban J connectivity index is 2.31. The van der Waals surface area contributed by atoms with E-state index in [0.717, 1.165) is 15.6 Å². The van der Waals surface area contributed by atoms with Gasteiger partial charge in [0.25, 0.3) is 10.0 Å². The van der Waals surface area contributed by atoms with Crippen molar-refractivity contribution in [2.75, 3.05) is 26.3 Å². The Morgan fingerprint density at radius 3 is 3.00 bits per heavy atom. The number of ether oxygens (including phenoxy) is 1. The molecule has 0 radical (unpaired) electrons. The number of hydrogen-bond donors (Lipinski definition) is 2. The van der Waals surface area contributed by atoms with E-state index in [1.165, 1.54) is 5.51 Å². The predicted octanol–water partition coefficient (Wildman–Crippen LogP) is -0.777. The maximum absolute atomic E-state index is 12.3. The highest BCUT2D eigenvalue weighted by Gasteiger charge is 2.35. The van der Waals surface area contributed by atoms with Crippen LogP contribution in [0, 0.1) is 0 Å². The lowest BCUT2D eigenvalue weighted by Gasteiger charge is -2.30. The molecule has 0 spiro atoms. The molecule has 0 amide bonds. The minimum absolute atomic E-state index is 0.00417. The Labute approximate surface area is 113 Å². The fraction of sp³-hybridized carbons (Fsp3) is 0.556. The lowest BCUT2D eigenvalue weighted by molar-refractivity contribution is -0.0304. The topological polar surface area (TPSA) is 117 Å². The van der Waals surface area contributed by atoms with Crippen LogP contribution in [0.15, 0.2) is 9.72 Å². The number of aromatic nitrogens is 1. The van der Waals surface area contributed by atoms with Gasteiger partial charge in [0.1, 0.15) is 0 Å². The van der Waals surface area contributed by atoms with Crippen LogP contribution in [-0.4, -0.2) is 66.3 Å².